The van der Waals surface area contributed by atoms with Crippen molar-refractivity contribution >= 4 is 32.7 Å². The van der Waals surface area contributed by atoms with Crippen molar-refractivity contribution in [1.29, 1.82) is 0 Å². The molecule has 1 atom stereocenters. The van der Waals surface area contributed by atoms with Crippen molar-refractivity contribution in [3.63, 3.8) is 0 Å². The highest BCUT2D eigenvalue weighted by Gasteiger charge is 2.36. The zero-order valence-electron chi connectivity index (χ0n) is 11.4. The van der Waals surface area contributed by atoms with Gasteiger partial charge < -0.3 is 5.32 Å². The van der Waals surface area contributed by atoms with Gasteiger partial charge in [0.25, 0.3) is 0 Å². The Morgan fingerprint density at radius 2 is 2.25 bits per heavy atom. The van der Waals surface area contributed by atoms with E-state index in [0.29, 0.717) is 6.42 Å². The molecule has 4 heteroatoms. The van der Waals surface area contributed by atoms with Gasteiger partial charge >= 0.3 is 0 Å². The lowest BCUT2D eigenvalue weighted by molar-refractivity contribution is -0.119. The van der Waals surface area contributed by atoms with E-state index < -0.39 is 0 Å². The van der Waals surface area contributed by atoms with Crippen LogP contribution in [0.5, 0.6) is 0 Å². The Balaban J connectivity index is 2.03. The minimum Gasteiger partial charge on any atom is -0.350 e. The van der Waals surface area contributed by atoms with Crippen molar-refractivity contribution in [2.75, 3.05) is 0 Å². The summed E-state index contributed by atoms with van der Waals surface area (Å²) in [5, 5.41) is 4.29. The average molecular weight is 333 g/mol. The fourth-order valence-electron chi connectivity index (χ4n) is 3.00. The van der Waals surface area contributed by atoms with E-state index in [2.05, 4.69) is 51.4 Å². The van der Waals surface area contributed by atoms with Gasteiger partial charge in [-0.2, -0.15) is 0 Å². The van der Waals surface area contributed by atoms with Gasteiger partial charge in [0.15, 0.2) is 0 Å². The monoisotopic (exact) mass is 332 g/mol. The van der Waals surface area contributed by atoms with E-state index in [0.717, 1.165) is 34.6 Å². The molecule has 1 saturated heterocycles. The molecule has 0 spiro atoms. The number of nitrogens with one attached hydrogen (secondary N) is 1. The second-order valence-electron chi connectivity index (χ2n) is 5.46. The second-order valence-corrected chi connectivity index (χ2v) is 6.32. The molecular weight excluding hydrogens is 316 g/mol. The fourth-order valence-corrected chi connectivity index (χ4v) is 3.45. The highest BCUT2D eigenvalue weighted by atomic mass is 79.9. The van der Waals surface area contributed by atoms with Crippen LogP contribution in [0, 0.1) is 0 Å². The molecule has 1 amide bonds. The molecule has 0 radical (unpaired) electrons. The van der Waals surface area contributed by atoms with Crippen LogP contribution in [0.3, 0.4) is 0 Å². The molecule has 104 valence electrons. The van der Waals surface area contributed by atoms with E-state index in [9.17, 15) is 4.79 Å². The van der Waals surface area contributed by atoms with Gasteiger partial charge in [-0.15, -0.1) is 0 Å². The zero-order chi connectivity index (χ0) is 14.2. The number of pyridine rings is 1. The lowest BCUT2D eigenvalue weighted by Crippen LogP contribution is -2.43. The first kappa shape index (κ1) is 13.6. The van der Waals surface area contributed by atoms with Crippen molar-refractivity contribution in [1.82, 2.24) is 10.3 Å². The van der Waals surface area contributed by atoms with Crippen LogP contribution in [-0.4, -0.2) is 16.4 Å². The largest absolute Gasteiger partial charge is 0.350 e. The van der Waals surface area contributed by atoms with Gasteiger partial charge in [0, 0.05) is 28.0 Å². The molecule has 1 unspecified atom stereocenters. The number of fused-ring (bicyclic) bond motifs is 1. The summed E-state index contributed by atoms with van der Waals surface area (Å²) >= 11 is 3.57. The third kappa shape index (κ3) is 2.33. The Kier molecular flexibility index (Phi) is 3.50. The summed E-state index contributed by atoms with van der Waals surface area (Å²) in [6, 6.07) is 8.20. The van der Waals surface area contributed by atoms with Crippen molar-refractivity contribution in [3.8, 4) is 0 Å². The maximum Gasteiger partial charge on any atom is 0.220 e. The Morgan fingerprint density at radius 3 is 2.95 bits per heavy atom. The molecule has 1 fully saturated rings. The smallest absolute Gasteiger partial charge is 0.220 e. The van der Waals surface area contributed by atoms with E-state index in [-0.39, 0.29) is 11.4 Å². The number of carbonyl (C=O) groups excluding carboxylic acids is 1. The van der Waals surface area contributed by atoms with Crippen molar-refractivity contribution in [2.45, 2.75) is 38.1 Å². The summed E-state index contributed by atoms with van der Waals surface area (Å²) in [6.07, 6.45) is 5.16. The number of nitrogens with zero attached hydrogens (tertiary/aromatic N) is 1. The van der Waals surface area contributed by atoms with Gasteiger partial charge in [-0.1, -0.05) is 35.0 Å². The Morgan fingerprint density at radius 1 is 1.40 bits per heavy atom. The molecule has 1 N–H and O–H groups in total. The lowest BCUT2D eigenvalue weighted by atomic mass is 9.86. The number of hydrogen-bond donors (Lipinski definition) is 1. The molecule has 0 saturated carbocycles. The summed E-state index contributed by atoms with van der Waals surface area (Å²) in [4.78, 5) is 16.1. The fraction of sp³-hybridized carbons (Fsp3) is 0.375. The maximum atomic E-state index is 11.6. The molecule has 1 aliphatic rings. The minimum atomic E-state index is -0.102. The first-order chi connectivity index (χ1) is 9.63. The summed E-state index contributed by atoms with van der Waals surface area (Å²) in [7, 11) is 0. The third-order valence-corrected chi connectivity index (χ3v) is 4.93. The summed E-state index contributed by atoms with van der Waals surface area (Å²) in [6.45, 7) is 2.14. The Bertz CT molecular complexity index is 671. The first-order valence-corrected chi connectivity index (χ1v) is 7.76. The molecule has 1 aromatic heterocycles. The number of aromatic nitrogens is 1. The number of rotatable bonds is 3. The van der Waals surface area contributed by atoms with Crippen molar-refractivity contribution < 1.29 is 4.79 Å². The van der Waals surface area contributed by atoms with Gasteiger partial charge in [-0.3, -0.25) is 9.78 Å². The van der Waals surface area contributed by atoms with Gasteiger partial charge in [0.05, 0.1) is 5.52 Å². The zero-order valence-corrected chi connectivity index (χ0v) is 13.0. The molecule has 2 aromatic rings. The average Bonchev–Trinajstić information content (AvgIpc) is 2.84. The summed E-state index contributed by atoms with van der Waals surface area (Å²) in [5.41, 5.74) is 2.12. The molecule has 3 rings (SSSR count). The Hall–Kier alpha value is -1.42. The van der Waals surface area contributed by atoms with Gasteiger partial charge in [0.1, 0.15) is 0 Å². The quantitative estimate of drug-likeness (QED) is 0.933. The normalized spacial score (nSPS) is 22.2. The van der Waals surface area contributed by atoms with Crippen LogP contribution in [0.25, 0.3) is 10.9 Å². The lowest BCUT2D eigenvalue weighted by Gasteiger charge is -2.28. The second kappa shape index (κ2) is 5.17. The summed E-state index contributed by atoms with van der Waals surface area (Å²) < 4.78 is 1.06. The molecular formula is C16H17BrN2O. The number of benzene rings is 1. The van der Waals surface area contributed by atoms with Crippen LogP contribution in [-0.2, 0) is 11.2 Å². The topological polar surface area (TPSA) is 42.0 Å². The van der Waals surface area contributed by atoms with Crippen molar-refractivity contribution in [2.24, 2.45) is 0 Å². The number of carbonyl (C=O) groups is 1. The number of halogens is 1. The van der Waals surface area contributed by atoms with E-state index in [1.54, 1.807) is 0 Å². The molecule has 2 heterocycles. The maximum absolute atomic E-state index is 11.6. The molecule has 0 aliphatic carbocycles. The van der Waals surface area contributed by atoms with Crippen LogP contribution < -0.4 is 5.32 Å². The van der Waals surface area contributed by atoms with E-state index in [1.807, 2.05) is 12.3 Å². The number of amides is 1. The molecule has 0 bridgehead atoms. The predicted molar refractivity (Wildman–Crippen MR) is 83.5 cm³/mol. The third-order valence-electron chi connectivity index (χ3n) is 4.24. The SMILES string of the molecule is CCC1(Cc2ccc(Br)c3cccnc23)CCC(=O)N1. The predicted octanol–water partition coefficient (Wildman–Crippen LogP) is 3.60. The first-order valence-electron chi connectivity index (χ1n) is 6.97. The standard InChI is InChI=1S/C16H17BrN2O/c1-2-16(8-7-14(20)19-16)10-11-5-6-13(17)12-4-3-9-18-15(11)12/h3-6,9H,2,7-8,10H2,1H3,(H,19,20). The molecule has 1 aliphatic heterocycles. The van der Waals surface area contributed by atoms with Crippen molar-refractivity contribution in [3.05, 3.63) is 40.5 Å². The van der Waals surface area contributed by atoms with Crippen LogP contribution >= 0.6 is 15.9 Å². The van der Waals surface area contributed by atoms with Crippen LogP contribution in [0.15, 0.2) is 34.9 Å². The summed E-state index contributed by atoms with van der Waals surface area (Å²) in [5.74, 6) is 0.168. The number of hydrogen-bond acceptors (Lipinski definition) is 2. The van der Waals surface area contributed by atoms with E-state index in [1.165, 1.54) is 5.56 Å². The van der Waals surface area contributed by atoms with Gasteiger partial charge in [-0.25, -0.2) is 0 Å². The molecule has 1 aromatic carbocycles. The van der Waals surface area contributed by atoms with Gasteiger partial charge in [-0.05, 0) is 37.0 Å². The van der Waals surface area contributed by atoms with E-state index >= 15 is 0 Å². The molecule has 3 nitrogen and oxygen atoms in total. The van der Waals surface area contributed by atoms with Crippen LogP contribution in [0.4, 0.5) is 0 Å². The highest BCUT2D eigenvalue weighted by Crippen LogP contribution is 2.32. The van der Waals surface area contributed by atoms with E-state index in [4.69, 9.17) is 0 Å². The Labute approximate surface area is 126 Å². The highest BCUT2D eigenvalue weighted by molar-refractivity contribution is 9.10. The van der Waals surface area contributed by atoms with Crippen LogP contribution in [0.2, 0.25) is 0 Å². The molecule has 20 heavy (non-hydrogen) atoms. The van der Waals surface area contributed by atoms with Crippen LogP contribution in [0.1, 0.15) is 31.7 Å². The van der Waals surface area contributed by atoms with Gasteiger partial charge in [0.2, 0.25) is 5.91 Å². The minimum absolute atomic E-state index is 0.102.